The van der Waals surface area contributed by atoms with E-state index in [1.165, 1.54) is 12.1 Å². The van der Waals surface area contributed by atoms with Gasteiger partial charge < -0.3 is 9.84 Å². The molecule has 0 radical (unpaired) electrons. The molecule has 1 aliphatic rings. The van der Waals surface area contributed by atoms with Crippen LogP contribution in [0.25, 0.3) is 6.08 Å². The van der Waals surface area contributed by atoms with Crippen molar-refractivity contribution in [2.24, 2.45) is 0 Å². The monoisotopic (exact) mass is 372 g/mol. The van der Waals surface area contributed by atoms with Crippen LogP contribution in [0.2, 0.25) is 0 Å². The number of fused-ring (bicyclic) bond motifs is 1. The van der Waals surface area contributed by atoms with Crippen molar-refractivity contribution in [1.29, 1.82) is 0 Å². The van der Waals surface area contributed by atoms with Gasteiger partial charge in [0.1, 0.15) is 5.75 Å². The Morgan fingerprint density at radius 2 is 1.91 bits per heavy atom. The Morgan fingerprint density at radius 3 is 2.61 bits per heavy atom. The molecule has 2 aromatic carbocycles. The standard InChI is InChI=1S/C18H13BrO4/c19-14-5-6-16-15(10-14)17(20)13(7-8-23-16)9-11-1-3-12(4-2-11)18(21)22/h1-6,9-10H,7-8H2,(H,21,22)/b13-9-. The molecule has 2 aromatic rings. The number of Topliss-reactive ketones (excluding diaryl/α,β-unsaturated/α-hetero) is 1. The molecule has 0 unspecified atom stereocenters. The molecule has 5 heteroatoms. The first-order valence-electron chi connectivity index (χ1n) is 7.05. The van der Waals surface area contributed by atoms with E-state index < -0.39 is 5.97 Å². The van der Waals surface area contributed by atoms with Crippen molar-refractivity contribution in [1.82, 2.24) is 0 Å². The summed E-state index contributed by atoms with van der Waals surface area (Å²) in [5.74, 6) is -0.453. The number of aromatic carboxylic acids is 1. The molecule has 1 N–H and O–H groups in total. The summed E-state index contributed by atoms with van der Waals surface area (Å²) in [5.41, 5.74) is 2.18. The maximum absolute atomic E-state index is 12.7. The SMILES string of the molecule is O=C(O)c1ccc(/C=C2/CCOc3ccc(Br)cc3C2=O)cc1. The first-order valence-corrected chi connectivity index (χ1v) is 7.85. The Hall–Kier alpha value is -2.40. The van der Waals surface area contributed by atoms with E-state index in [0.717, 1.165) is 10.0 Å². The van der Waals surface area contributed by atoms with E-state index in [2.05, 4.69) is 15.9 Å². The van der Waals surface area contributed by atoms with Gasteiger partial charge in [0.15, 0.2) is 5.78 Å². The van der Waals surface area contributed by atoms with Gasteiger partial charge in [0, 0.05) is 16.5 Å². The van der Waals surface area contributed by atoms with Crippen molar-refractivity contribution >= 4 is 33.8 Å². The van der Waals surface area contributed by atoms with Crippen LogP contribution in [0.15, 0.2) is 52.5 Å². The van der Waals surface area contributed by atoms with Gasteiger partial charge in [-0.25, -0.2) is 4.79 Å². The molecule has 0 aliphatic carbocycles. The zero-order chi connectivity index (χ0) is 16.4. The molecule has 23 heavy (non-hydrogen) atoms. The van der Waals surface area contributed by atoms with E-state index in [0.29, 0.717) is 29.9 Å². The van der Waals surface area contributed by atoms with Crippen LogP contribution in [-0.2, 0) is 0 Å². The third-order valence-electron chi connectivity index (χ3n) is 3.61. The van der Waals surface area contributed by atoms with E-state index in [-0.39, 0.29) is 11.3 Å². The van der Waals surface area contributed by atoms with Gasteiger partial charge in [-0.15, -0.1) is 0 Å². The van der Waals surface area contributed by atoms with Crippen molar-refractivity contribution in [3.05, 3.63) is 69.2 Å². The molecule has 0 bridgehead atoms. The van der Waals surface area contributed by atoms with Gasteiger partial charge in [0.2, 0.25) is 0 Å². The van der Waals surface area contributed by atoms with Crippen LogP contribution in [0.4, 0.5) is 0 Å². The van der Waals surface area contributed by atoms with Crippen LogP contribution in [0.3, 0.4) is 0 Å². The lowest BCUT2D eigenvalue weighted by atomic mass is 9.99. The van der Waals surface area contributed by atoms with E-state index in [1.54, 1.807) is 30.3 Å². The number of hydrogen-bond donors (Lipinski definition) is 1. The summed E-state index contributed by atoms with van der Waals surface area (Å²) in [6, 6.07) is 11.8. The van der Waals surface area contributed by atoms with Crippen LogP contribution < -0.4 is 4.74 Å². The summed E-state index contributed by atoms with van der Waals surface area (Å²) >= 11 is 3.37. The third-order valence-corrected chi connectivity index (χ3v) is 4.10. The smallest absolute Gasteiger partial charge is 0.335 e. The number of benzene rings is 2. The van der Waals surface area contributed by atoms with Gasteiger partial charge in [-0.05, 0) is 42.0 Å². The summed E-state index contributed by atoms with van der Waals surface area (Å²) in [6.07, 6.45) is 2.29. The van der Waals surface area contributed by atoms with Crippen molar-refractivity contribution in [3.63, 3.8) is 0 Å². The third kappa shape index (κ3) is 3.35. The lowest BCUT2D eigenvalue weighted by Gasteiger charge is -2.05. The first-order chi connectivity index (χ1) is 11.0. The number of carbonyl (C=O) groups excluding carboxylic acids is 1. The Morgan fingerprint density at radius 1 is 1.17 bits per heavy atom. The van der Waals surface area contributed by atoms with Crippen molar-refractivity contribution < 1.29 is 19.4 Å². The quantitative estimate of drug-likeness (QED) is 0.802. The highest BCUT2D eigenvalue weighted by atomic mass is 79.9. The minimum Gasteiger partial charge on any atom is -0.492 e. The molecule has 1 heterocycles. The molecule has 0 aromatic heterocycles. The zero-order valence-electron chi connectivity index (χ0n) is 12.1. The van der Waals surface area contributed by atoms with E-state index >= 15 is 0 Å². The zero-order valence-corrected chi connectivity index (χ0v) is 13.7. The highest BCUT2D eigenvalue weighted by Crippen LogP contribution is 2.30. The number of ketones is 1. The van der Waals surface area contributed by atoms with Crippen LogP contribution in [-0.4, -0.2) is 23.5 Å². The van der Waals surface area contributed by atoms with Gasteiger partial charge >= 0.3 is 5.97 Å². The second-order valence-corrected chi connectivity index (χ2v) is 6.08. The number of ether oxygens (including phenoxy) is 1. The Kier molecular flexibility index (Phi) is 4.30. The highest BCUT2D eigenvalue weighted by Gasteiger charge is 2.21. The van der Waals surface area contributed by atoms with Crippen LogP contribution in [0.1, 0.15) is 32.7 Å². The molecule has 0 fully saturated rings. The van der Waals surface area contributed by atoms with Crippen LogP contribution >= 0.6 is 15.9 Å². The molecule has 0 spiro atoms. The average molecular weight is 373 g/mol. The van der Waals surface area contributed by atoms with Crippen molar-refractivity contribution in [2.75, 3.05) is 6.61 Å². The number of carboxylic acids is 1. The molecule has 116 valence electrons. The first kappa shape index (κ1) is 15.5. The van der Waals surface area contributed by atoms with E-state index in [4.69, 9.17) is 9.84 Å². The van der Waals surface area contributed by atoms with E-state index in [9.17, 15) is 9.59 Å². The lowest BCUT2D eigenvalue weighted by Crippen LogP contribution is -2.02. The van der Waals surface area contributed by atoms with E-state index in [1.807, 2.05) is 6.07 Å². The lowest BCUT2D eigenvalue weighted by molar-refractivity contribution is 0.0696. The van der Waals surface area contributed by atoms with Crippen LogP contribution in [0, 0.1) is 0 Å². The minimum absolute atomic E-state index is 0.0684. The Labute approximate surface area is 141 Å². The highest BCUT2D eigenvalue weighted by molar-refractivity contribution is 9.10. The number of carboxylic acid groups (broad SMARTS) is 1. The van der Waals surface area contributed by atoms with Gasteiger partial charge in [0.25, 0.3) is 0 Å². The molecule has 4 nitrogen and oxygen atoms in total. The number of hydrogen-bond acceptors (Lipinski definition) is 3. The number of rotatable bonds is 2. The largest absolute Gasteiger partial charge is 0.492 e. The van der Waals surface area contributed by atoms with Gasteiger partial charge in [0.05, 0.1) is 17.7 Å². The van der Waals surface area contributed by atoms with Gasteiger partial charge in [-0.3, -0.25) is 4.79 Å². The molecule has 1 aliphatic heterocycles. The summed E-state index contributed by atoms with van der Waals surface area (Å²) in [6.45, 7) is 0.430. The Bertz CT molecular complexity index is 806. The summed E-state index contributed by atoms with van der Waals surface area (Å²) < 4.78 is 6.45. The molecule has 0 atom stereocenters. The predicted octanol–water partition coefficient (Wildman–Crippen LogP) is 4.20. The fraction of sp³-hybridized carbons (Fsp3) is 0.111. The molecule has 0 saturated carbocycles. The van der Waals surface area contributed by atoms with Crippen molar-refractivity contribution in [2.45, 2.75) is 6.42 Å². The fourth-order valence-electron chi connectivity index (χ4n) is 2.42. The summed E-state index contributed by atoms with van der Waals surface area (Å²) in [5, 5.41) is 8.92. The molecular formula is C18H13BrO4. The van der Waals surface area contributed by atoms with Gasteiger partial charge in [-0.2, -0.15) is 0 Å². The maximum Gasteiger partial charge on any atom is 0.335 e. The fourth-order valence-corrected chi connectivity index (χ4v) is 2.78. The van der Waals surface area contributed by atoms with Gasteiger partial charge in [-0.1, -0.05) is 28.1 Å². The molecular weight excluding hydrogens is 360 g/mol. The topological polar surface area (TPSA) is 63.6 Å². The molecule has 0 saturated heterocycles. The average Bonchev–Trinajstić information content (AvgIpc) is 2.68. The molecule has 3 rings (SSSR count). The normalized spacial score (nSPS) is 15.7. The maximum atomic E-state index is 12.7. The second-order valence-electron chi connectivity index (χ2n) is 5.16. The summed E-state index contributed by atoms with van der Waals surface area (Å²) in [7, 11) is 0. The predicted molar refractivity (Wildman–Crippen MR) is 90.0 cm³/mol. The number of halogens is 1. The van der Waals surface area contributed by atoms with Crippen LogP contribution in [0.5, 0.6) is 5.75 Å². The Balaban J connectivity index is 1.96. The second kappa shape index (κ2) is 6.38. The van der Waals surface area contributed by atoms with Crippen molar-refractivity contribution in [3.8, 4) is 5.75 Å². The minimum atomic E-state index is -0.970. The summed E-state index contributed by atoms with van der Waals surface area (Å²) in [4.78, 5) is 23.6. The number of carbonyl (C=O) groups is 2. The molecule has 0 amide bonds.